The molecule has 2 aromatic rings. The van der Waals surface area contributed by atoms with Crippen LogP contribution in [0.3, 0.4) is 0 Å². The Morgan fingerprint density at radius 1 is 1.17 bits per heavy atom. The fourth-order valence-electron chi connectivity index (χ4n) is 5.32. The number of carboxylic acids is 1. The van der Waals surface area contributed by atoms with Gasteiger partial charge < -0.3 is 30.5 Å². The third kappa shape index (κ3) is 9.36. The zero-order valence-corrected chi connectivity index (χ0v) is 25.1. The fourth-order valence-corrected chi connectivity index (χ4v) is 5.32. The number of aliphatic carboxylic acids is 1. The van der Waals surface area contributed by atoms with Crippen molar-refractivity contribution < 1.29 is 24.2 Å². The third-order valence-corrected chi connectivity index (χ3v) is 7.35. The summed E-state index contributed by atoms with van der Waals surface area (Å²) in [4.78, 5) is 35.8. The van der Waals surface area contributed by atoms with Gasteiger partial charge in [0, 0.05) is 30.6 Å². The average molecular weight is 586 g/mol. The van der Waals surface area contributed by atoms with E-state index in [1.54, 1.807) is 6.20 Å². The molecule has 0 spiro atoms. The molecule has 2 atom stereocenters. The van der Waals surface area contributed by atoms with Crippen LogP contribution >= 0.6 is 13.5 Å². The van der Waals surface area contributed by atoms with Gasteiger partial charge in [0.2, 0.25) is 11.8 Å². The number of para-hydroxylation sites is 1. The van der Waals surface area contributed by atoms with Gasteiger partial charge in [-0.3, -0.25) is 4.79 Å². The number of nitrogens with two attached hydrogens (primary N) is 1. The van der Waals surface area contributed by atoms with Gasteiger partial charge in [-0.05, 0) is 58.1 Å². The maximum absolute atomic E-state index is 12.9. The predicted octanol–water partition coefficient (Wildman–Crippen LogP) is 4.86. The molecule has 0 unspecified atom stereocenters. The van der Waals surface area contributed by atoms with Crippen molar-refractivity contribution in [3.8, 4) is 11.6 Å². The van der Waals surface area contributed by atoms with Crippen molar-refractivity contribution in [1.82, 2.24) is 15.2 Å². The van der Waals surface area contributed by atoms with E-state index in [0.29, 0.717) is 42.2 Å². The minimum atomic E-state index is -1.12. The van der Waals surface area contributed by atoms with Crippen molar-refractivity contribution >= 4 is 37.0 Å². The van der Waals surface area contributed by atoms with Crippen molar-refractivity contribution in [2.24, 2.45) is 16.6 Å². The second-order valence-corrected chi connectivity index (χ2v) is 11.6. The smallest absolute Gasteiger partial charge is 0.328 e. The summed E-state index contributed by atoms with van der Waals surface area (Å²) in [6, 6.07) is 10.3. The van der Waals surface area contributed by atoms with Crippen LogP contribution in [0.4, 0.5) is 5.69 Å². The Kier molecular flexibility index (Phi) is 11.4. The lowest BCUT2D eigenvalue weighted by atomic mass is 9.81. The van der Waals surface area contributed by atoms with E-state index >= 15 is 0 Å². The minimum Gasteiger partial charge on any atom is -0.480 e. The summed E-state index contributed by atoms with van der Waals surface area (Å²) in [5, 5.41) is 12.2. The zero-order valence-electron chi connectivity index (χ0n) is 24.1. The molecular weight excluding hydrogens is 542 g/mol. The predicted molar refractivity (Wildman–Crippen MR) is 163 cm³/mol. The van der Waals surface area contributed by atoms with Crippen molar-refractivity contribution in [1.29, 1.82) is 0 Å². The van der Waals surface area contributed by atoms with Crippen molar-refractivity contribution in [2.75, 3.05) is 6.61 Å². The van der Waals surface area contributed by atoms with Gasteiger partial charge in [0.05, 0.1) is 24.1 Å². The number of rotatable bonds is 11. The second-order valence-electron chi connectivity index (χ2n) is 11.6. The number of amides is 1. The summed E-state index contributed by atoms with van der Waals surface area (Å²) in [6.07, 6.45) is 7.97. The molecule has 0 bridgehead atoms. The zero-order chi connectivity index (χ0) is 28.7. The first-order chi connectivity index (χ1) is 19.1. The van der Waals surface area contributed by atoms with E-state index in [4.69, 9.17) is 15.2 Å². The summed E-state index contributed by atoms with van der Waals surface area (Å²) < 4.78 is 11.6. The van der Waals surface area contributed by atoms with Crippen LogP contribution < -0.4 is 15.8 Å². The number of aliphatic imine (C=N–C) groups is 1. The summed E-state index contributed by atoms with van der Waals surface area (Å²) in [5.74, 6) is 0.506. The van der Waals surface area contributed by atoms with Gasteiger partial charge in [0.15, 0.2) is 12.0 Å². The minimum absolute atomic E-state index is 0. The Morgan fingerprint density at radius 2 is 1.88 bits per heavy atom. The molecule has 4 N–H and O–H groups in total. The maximum Gasteiger partial charge on any atom is 0.328 e. The number of hydrogen-bond acceptors (Lipinski definition) is 8. The number of fused-ring (bicyclic) bond motifs is 1. The largest absolute Gasteiger partial charge is 0.480 e. The Balaban J connectivity index is 0.00000462. The topological polar surface area (TPSA) is 139 Å². The molecule has 1 fully saturated rings. The number of nitrogens with one attached hydrogen (secondary N) is 1. The lowest BCUT2D eigenvalue weighted by Crippen LogP contribution is -2.50. The average Bonchev–Trinajstić information content (AvgIpc) is 2.92. The molecule has 41 heavy (non-hydrogen) atoms. The van der Waals surface area contributed by atoms with Gasteiger partial charge in [-0.2, -0.15) is 13.5 Å². The molecule has 2 heterocycles. The SMILES string of the molecule is CC(C)(C)OC[C@@H](NC(=O)CC[C@@H](C1CCCCC1)N1Cc2cc(Oc3ccccc3)ncc2N=C1N)C(=O)O.S. The van der Waals surface area contributed by atoms with Crippen LogP contribution in [0.2, 0.25) is 0 Å². The van der Waals surface area contributed by atoms with E-state index in [9.17, 15) is 14.7 Å². The number of benzene rings is 1. The molecule has 1 saturated carbocycles. The first-order valence-electron chi connectivity index (χ1n) is 14.1. The lowest BCUT2D eigenvalue weighted by molar-refractivity contribution is -0.145. The van der Waals surface area contributed by atoms with E-state index < -0.39 is 17.6 Å². The normalized spacial score (nSPS) is 17.0. The molecule has 0 radical (unpaired) electrons. The molecule has 2 aliphatic rings. The summed E-state index contributed by atoms with van der Waals surface area (Å²) in [6.45, 7) is 5.97. The first-order valence-corrected chi connectivity index (χ1v) is 14.1. The van der Waals surface area contributed by atoms with E-state index in [1.807, 2.05) is 57.2 Å². The van der Waals surface area contributed by atoms with E-state index in [1.165, 1.54) is 6.42 Å². The van der Waals surface area contributed by atoms with Crippen LogP contribution in [0.5, 0.6) is 11.6 Å². The summed E-state index contributed by atoms with van der Waals surface area (Å²) in [5.41, 5.74) is 7.64. The quantitative estimate of drug-likeness (QED) is 0.340. The van der Waals surface area contributed by atoms with Gasteiger partial charge in [0.1, 0.15) is 5.75 Å². The number of hydrogen-bond donors (Lipinski definition) is 3. The van der Waals surface area contributed by atoms with Crippen LogP contribution in [0.15, 0.2) is 47.6 Å². The van der Waals surface area contributed by atoms with Gasteiger partial charge in [-0.15, -0.1) is 0 Å². The maximum atomic E-state index is 12.9. The number of pyridine rings is 1. The Bertz CT molecular complexity index is 1200. The van der Waals surface area contributed by atoms with Gasteiger partial charge >= 0.3 is 5.97 Å². The van der Waals surface area contributed by atoms with Gasteiger partial charge in [-0.25, -0.2) is 14.8 Å². The number of aromatic nitrogens is 1. The highest BCUT2D eigenvalue weighted by molar-refractivity contribution is 7.59. The molecule has 10 nitrogen and oxygen atoms in total. The monoisotopic (exact) mass is 585 g/mol. The fraction of sp³-hybridized carbons (Fsp3) is 0.533. The van der Waals surface area contributed by atoms with Crippen molar-refractivity contribution in [2.45, 2.75) is 89.9 Å². The number of carbonyl (C=O) groups excluding carboxylic acids is 1. The number of ether oxygens (including phenoxy) is 2. The number of guanidine groups is 1. The van der Waals surface area contributed by atoms with Crippen molar-refractivity contribution in [3.63, 3.8) is 0 Å². The molecule has 11 heteroatoms. The lowest BCUT2D eigenvalue weighted by Gasteiger charge is -2.41. The molecular formula is C30H43N5O5S. The van der Waals surface area contributed by atoms with Crippen LogP contribution in [-0.4, -0.2) is 57.1 Å². The van der Waals surface area contributed by atoms with E-state index in [2.05, 4.69) is 20.2 Å². The van der Waals surface area contributed by atoms with Crippen LogP contribution in [0.25, 0.3) is 0 Å². The highest BCUT2D eigenvalue weighted by atomic mass is 32.1. The summed E-state index contributed by atoms with van der Waals surface area (Å²) >= 11 is 0. The Labute approximate surface area is 249 Å². The van der Waals surface area contributed by atoms with Gasteiger partial charge in [0.25, 0.3) is 0 Å². The number of carbonyl (C=O) groups is 2. The van der Waals surface area contributed by atoms with Crippen LogP contribution in [0.1, 0.15) is 71.3 Å². The molecule has 1 aliphatic carbocycles. The second kappa shape index (κ2) is 14.5. The molecule has 0 saturated heterocycles. The number of carboxylic acid groups (broad SMARTS) is 1. The highest BCUT2D eigenvalue weighted by Crippen LogP contribution is 2.36. The molecule has 1 aromatic heterocycles. The van der Waals surface area contributed by atoms with E-state index in [0.717, 1.165) is 31.2 Å². The highest BCUT2D eigenvalue weighted by Gasteiger charge is 2.33. The first kappa shape index (κ1) is 32.2. The molecule has 4 rings (SSSR count). The molecule has 1 aliphatic heterocycles. The molecule has 1 aromatic carbocycles. The van der Waals surface area contributed by atoms with Gasteiger partial charge in [-0.1, -0.05) is 37.5 Å². The van der Waals surface area contributed by atoms with E-state index in [-0.39, 0.29) is 38.5 Å². The van der Waals surface area contributed by atoms with Crippen LogP contribution in [0, 0.1) is 5.92 Å². The van der Waals surface area contributed by atoms with Crippen molar-refractivity contribution in [3.05, 3.63) is 48.2 Å². The number of nitrogens with zero attached hydrogens (tertiary/aromatic N) is 3. The third-order valence-electron chi connectivity index (χ3n) is 7.35. The molecule has 224 valence electrons. The Hall–Kier alpha value is -3.31. The molecule has 1 amide bonds. The standard InChI is InChI=1S/C30H41N5O5.H2S/c1-30(2,3)39-19-24(28(37)38)33-26(36)15-14-25(20-10-6-4-7-11-20)35-18-21-16-27(32-17-23(21)34-29(35)31)40-22-12-8-5-9-13-22;/h5,8-9,12-13,16-17,20,24-25H,4,6-7,10-11,14-15,18-19H2,1-3H3,(H2,31,34)(H,33,36)(H,37,38);1H2/t24-,25+;/m1./s1. The van der Waals surface area contributed by atoms with Crippen LogP contribution in [-0.2, 0) is 20.9 Å². The summed E-state index contributed by atoms with van der Waals surface area (Å²) in [7, 11) is 0. The Morgan fingerprint density at radius 3 is 2.54 bits per heavy atom.